The van der Waals surface area contributed by atoms with Gasteiger partial charge >= 0.3 is 5.91 Å². The standard InChI is InChI=1S/C15H26N8O5/c1-2-10(9-24)23(22-21-18)14(27)6-8-19-15(28)11(3-4-12(17)25)20-13(26)5-7-16/h9-11H,2-8,16H2,1H3,(H2,17,25)(H,19,28)(H,20,26)/t10-,11-/m0/s1. The number of rotatable bonds is 14. The number of hydrogen-bond donors (Lipinski definition) is 4. The second kappa shape index (κ2) is 13.9. The van der Waals surface area contributed by atoms with E-state index in [1.165, 1.54) is 0 Å². The van der Waals surface area contributed by atoms with Crippen LogP contribution in [0.4, 0.5) is 0 Å². The summed E-state index contributed by atoms with van der Waals surface area (Å²) < 4.78 is 0. The number of azide groups is 1. The quantitative estimate of drug-likeness (QED) is 0.0908. The van der Waals surface area contributed by atoms with E-state index in [0.717, 1.165) is 0 Å². The molecule has 0 aliphatic carbocycles. The van der Waals surface area contributed by atoms with Crippen LogP contribution in [0.2, 0.25) is 0 Å². The van der Waals surface area contributed by atoms with Crippen molar-refractivity contribution in [1.82, 2.24) is 15.6 Å². The van der Waals surface area contributed by atoms with Crippen LogP contribution in [0.15, 0.2) is 5.22 Å². The van der Waals surface area contributed by atoms with E-state index in [1.54, 1.807) is 6.92 Å². The summed E-state index contributed by atoms with van der Waals surface area (Å²) in [5.41, 5.74) is 18.9. The van der Waals surface area contributed by atoms with Crippen molar-refractivity contribution >= 4 is 29.9 Å². The van der Waals surface area contributed by atoms with Crippen molar-refractivity contribution in [3.8, 4) is 0 Å². The van der Waals surface area contributed by atoms with Gasteiger partial charge in [0.15, 0.2) is 12.3 Å². The van der Waals surface area contributed by atoms with Crippen molar-refractivity contribution in [2.45, 2.75) is 51.1 Å². The average Bonchev–Trinajstić information content (AvgIpc) is 2.65. The molecule has 0 saturated carbocycles. The summed E-state index contributed by atoms with van der Waals surface area (Å²) in [5.74, 6) is -2.37. The number of primary amides is 1. The maximum atomic E-state index is 12.2. The number of nitrogens with one attached hydrogen (secondary N) is 2. The van der Waals surface area contributed by atoms with Crippen LogP contribution in [-0.2, 0) is 24.0 Å². The van der Waals surface area contributed by atoms with Gasteiger partial charge in [-0.05, 0) is 18.1 Å². The van der Waals surface area contributed by atoms with Gasteiger partial charge in [-0.15, -0.1) is 5.53 Å². The Kier molecular flexibility index (Phi) is 12.4. The zero-order valence-corrected chi connectivity index (χ0v) is 15.7. The first-order valence-corrected chi connectivity index (χ1v) is 8.68. The Balaban J connectivity index is 4.82. The Morgan fingerprint density at radius 2 is 1.93 bits per heavy atom. The van der Waals surface area contributed by atoms with E-state index >= 15 is 0 Å². The summed E-state index contributed by atoms with van der Waals surface area (Å²) in [4.78, 5) is 60.5. The van der Waals surface area contributed by atoms with Crippen molar-refractivity contribution in [3.63, 3.8) is 0 Å². The lowest BCUT2D eigenvalue weighted by Gasteiger charge is -2.19. The van der Waals surface area contributed by atoms with E-state index in [2.05, 4.69) is 20.8 Å². The summed E-state index contributed by atoms with van der Waals surface area (Å²) in [7, 11) is 0. The van der Waals surface area contributed by atoms with Crippen LogP contribution in [0, 0.1) is 0 Å². The van der Waals surface area contributed by atoms with Crippen molar-refractivity contribution in [3.05, 3.63) is 10.4 Å². The molecule has 0 fully saturated rings. The predicted molar refractivity (Wildman–Crippen MR) is 97.8 cm³/mol. The van der Waals surface area contributed by atoms with E-state index in [0.29, 0.717) is 11.3 Å². The van der Waals surface area contributed by atoms with Crippen LogP contribution in [0.25, 0.3) is 10.4 Å². The smallest absolute Gasteiger partial charge is 0.315 e. The normalized spacial score (nSPS) is 12.1. The highest BCUT2D eigenvalue weighted by Gasteiger charge is 2.26. The predicted octanol–water partition coefficient (Wildman–Crippen LogP) is -1.38. The van der Waals surface area contributed by atoms with Crippen LogP contribution in [0.1, 0.15) is 39.0 Å². The molecule has 2 atom stereocenters. The lowest BCUT2D eigenvalue weighted by atomic mass is 10.1. The fourth-order valence-corrected chi connectivity index (χ4v) is 2.15. The molecule has 0 heterocycles. The fourth-order valence-electron chi connectivity index (χ4n) is 2.15. The van der Waals surface area contributed by atoms with Gasteiger partial charge in [-0.2, -0.15) is 9.92 Å². The molecule has 28 heavy (non-hydrogen) atoms. The van der Waals surface area contributed by atoms with Crippen molar-refractivity contribution in [2.75, 3.05) is 13.1 Å². The van der Waals surface area contributed by atoms with Crippen molar-refractivity contribution < 1.29 is 24.0 Å². The number of carbonyl (C=O) groups is 5. The highest BCUT2D eigenvalue weighted by atomic mass is 16.2. The summed E-state index contributed by atoms with van der Waals surface area (Å²) in [5, 5.41) is 8.82. The van der Waals surface area contributed by atoms with Gasteiger partial charge in [0.25, 0.3) is 0 Å². The third-order valence-electron chi connectivity index (χ3n) is 3.62. The van der Waals surface area contributed by atoms with E-state index < -0.39 is 35.7 Å². The van der Waals surface area contributed by atoms with Gasteiger partial charge in [0.1, 0.15) is 6.04 Å². The number of aldehydes is 1. The Hall–Kier alpha value is -3.18. The summed E-state index contributed by atoms with van der Waals surface area (Å²) >= 11 is 0. The second-order valence-electron chi connectivity index (χ2n) is 5.73. The minimum atomic E-state index is -1.02. The minimum Gasteiger partial charge on any atom is -0.370 e. The molecule has 0 aliphatic rings. The molecule has 156 valence electrons. The maximum Gasteiger partial charge on any atom is 0.315 e. The topological polar surface area (TPSA) is 213 Å². The molecule has 4 amide bonds. The second-order valence-corrected chi connectivity index (χ2v) is 5.73. The van der Waals surface area contributed by atoms with E-state index in [9.17, 15) is 24.0 Å². The van der Waals surface area contributed by atoms with Crippen LogP contribution >= 0.6 is 0 Å². The van der Waals surface area contributed by atoms with E-state index in [-0.39, 0.29) is 45.2 Å². The molecule has 0 aromatic carbocycles. The lowest BCUT2D eigenvalue weighted by Crippen LogP contribution is -2.48. The van der Waals surface area contributed by atoms with Crippen LogP contribution < -0.4 is 22.1 Å². The number of nitrogens with zero attached hydrogens (tertiary/aromatic N) is 4. The van der Waals surface area contributed by atoms with Crippen LogP contribution in [0.5, 0.6) is 0 Å². The Labute approximate surface area is 161 Å². The molecule has 6 N–H and O–H groups in total. The largest absolute Gasteiger partial charge is 0.370 e. The third-order valence-corrected chi connectivity index (χ3v) is 3.62. The molecule has 0 saturated heterocycles. The number of amides is 4. The van der Waals surface area contributed by atoms with Crippen LogP contribution in [0.3, 0.4) is 0 Å². The molecule has 0 unspecified atom stereocenters. The average molecular weight is 398 g/mol. The zero-order chi connectivity index (χ0) is 21.5. The molecule has 13 heteroatoms. The fraction of sp³-hybridized carbons (Fsp3) is 0.667. The lowest BCUT2D eigenvalue weighted by molar-refractivity contribution is -0.136. The zero-order valence-electron chi connectivity index (χ0n) is 15.7. The molecule has 0 bridgehead atoms. The molecule has 0 spiro atoms. The number of carbonyl (C=O) groups excluding carboxylic acids is 5. The van der Waals surface area contributed by atoms with Crippen molar-refractivity contribution in [2.24, 2.45) is 16.7 Å². The SMILES string of the molecule is CC[C@@H](C=O)N(N=[N+]=[N-])C(=O)CCNC(=O)[C@H](CCC(N)=O)NC(=O)CCN. The highest BCUT2D eigenvalue weighted by Crippen LogP contribution is 2.06. The Bertz CT molecular complexity index is 620. The Morgan fingerprint density at radius 1 is 1.25 bits per heavy atom. The van der Waals surface area contributed by atoms with Gasteiger partial charge < -0.3 is 22.1 Å². The van der Waals surface area contributed by atoms with Gasteiger partial charge in [-0.1, -0.05) is 6.92 Å². The summed E-state index contributed by atoms with van der Waals surface area (Å²) in [6.07, 6.45) is 0.362. The monoisotopic (exact) mass is 398 g/mol. The highest BCUT2D eigenvalue weighted by molar-refractivity contribution is 5.88. The minimum absolute atomic E-state index is 0.00403. The molecule has 0 aromatic rings. The maximum absolute atomic E-state index is 12.2. The Morgan fingerprint density at radius 3 is 2.43 bits per heavy atom. The molecule has 13 nitrogen and oxygen atoms in total. The molecule has 0 radical (unpaired) electrons. The van der Waals surface area contributed by atoms with E-state index in [4.69, 9.17) is 17.0 Å². The van der Waals surface area contributed by atoms with Gasteiger partial charge in [-0.25, -0.2) is 4.79 Å². The molecule has 0 aromatic heterocycles. The molecular formula is C15H26N8O5. The van der Waals surface area contributed by atoms with Gasteiger partial charge in [0, 0.05) is 25.9 Å². The summed E-state index contributed by atoms with van der Waals surface area (Å²) in [6.45, 7) is 1.60. The van der Waals surface area contributed by atoms with Gasteiger partial charge in [-0.3, -0.25) is 19.2 Å². The third kappa shape index (κ3) is 9.50. The number of nitrogens with two attached hydrogens (primary N) is 2. The van der Waals surface area contributed by atoms with Crippen LogP contribution in [-0.4, -0.2) is 60.1 Å². The molecule has 0 rings (SSSR count). The first kappa shape index (κ1) is 24.8. The molecule has 0 aliphatic heterocycles. The van der Waals surface area contributed by atoms with Gasteiger partial charge in [0.05, 0.1) is 6.42 Å². The summed E-state index contributed by atoms with van der Waals surface area (Å²) in [6, 6.07) is -1.92. The number of hydrogen-bond acceptors (Lipinski definition) is 7. The first-order chi connectivity index (χ1) is 13.3. The van der Waals surface area contributed by atoms with E-state index in [1.807, 2.05) is 0 Å². The van der Waals surface area contributed by atoms with Crippen molar-refractivity contribution in [1.29, 1.82) is 0 Å². The van der Waals surface area contributed by atoms with Gasteiger partial charge in [0.2, 0.25) is 17.7 Å². The molecular weight excluding hydrogens is 372 g/mol. The first-order valence-electron chi connectivity index (χ1n) is 8.68.